The monoisotopic (exact) mass is 142 g/mol. The molecule has 1 rings (SSSR count). The Hall–Kier alpha value is -0.930. The van der Waals surface area contributed by atoms with Crippen molar-refractivity contribution in [2.75, 3.05) is 7.05 Å². The molecule has 0 aliphatic heterocycles. The molecular weight excluding hydrogens is 128 g/mol. The van der Waals surface area contributed by atoms with Crippen molar-refractivity contribution in [3.05, 3.63) is 0 Å². The van der Waals surface area contributed by atoms with Crippen LogP contribution in [-0.2, 0) is 0 Å². The van der Waals surface area contributed by atoms with Crippen molar-refractivity contribution in [1.29, 1.82) is 0 Å². The Balaban J connectivity index is 2.39. The van der Waals surface area contributed by atoms with Gasteiger partial charge in [-0.2, -0.15) is 0 Å². The Morgan fingerprint density at radius 1 is 1.60 bits per heavy atom. The van der Waals surface area contributed by atoms with Gasteiger partial charge in [0.15, 0.2) is 0 Å². The highest BCUT2D eigenvalue weighted by Gasteiger charge is 2.22. The number of hydrogen-bond acceptors (Lipinski definition) is 2. The van der Waals surface area contributed by atoms with E-state index in [9.17, 15) is 0 Å². The fourth-order valence-electron chi connectivity index (χ4n) is 1.05. The number of guanidine groups is 1. The van der Waals surface area contributed by atoms with Crippen LogP contribution in [0, 0.1) is 0 Å². The van der Waals surface area contributed by atoms with Crippen molar-refractivity contribution in [3.63, 3.8) is 0 Å². The molecule has 0 amide bonds. The van der Waals surface area contributed by atoms with E-state index in [4.69, 9.17) is 11.6 Å². The van der Waals surface area contributed by atoms with Gasteiger partial charge in [0.25, 0.3) is 0 Å². The smallest absolute Gasteiger partial charge is 0.213 e. The van der Waals surface area contributed by atoms with Gasteiger partial charge in [-0.15, -0.1) is 5.10 Å². The normalized spacial score (nSPS) is 20.3. The SMILES string of the molecule is CN(C(N)=NN)C1CCC1. The van der Waals surface area contributed by atoms with E-state index in [0.29, 0.717) is 12.0 Å². The Kier molecular flexibility index (Phi) is 1.99. The zero-order valence-electron chi connectivity index (χ0n) is 6.25. The molecule has 0 atom stereocenters. The fourth-order valence-corrected chi connectivity index (χ4v) is 1.05. The molecule has 0 aromatic heterocycles. The van der Waals surface area contributed by atoms with Crippen molar-refractivity contribution < 1.29 is 0 Å². The molecular formula is C6H14N4. The molecule has 0 unspecified atom stereocenters. The molecule has 1 aliphatic carbocycles. The molecule has 0 spiro atoms. The van der Waals surface area contributed by atoms with Crippen LogP contribution in [0.4, 0.5) is 0 Å². The first-order chi connectivity index (χ1) is 4.75. The van der Waals surface area contributed by atoms with Gasteiger partial charge in [0, 0.05) is 13.1 Å². The van der Waals surface area contributed by atoms with Crippen LogP contribution in [0.5, 0.6) is 0 Å². The molecule has 0 aromatic carbocycles. The summed E-state index contributed by atoms with van der Waals surface area (Å²) in [6, 6.07) is 0.576. The molecule has 58 valence electrons. The van der Waals surface area contributed by atoms with Crippen molar-refractivity contribution in [1.82, 2.24) is 4.90 Å². The predicted molar refractivity (Wildman–Crippen MR) is 41.2 cm³/mol. The van der Waals surface area contributed by atoms with E-state index in [1.807, 2.05) is 11.9 Å². The van der Waals surface area contributed by atoms with E-state index in [1.54, 1.807) is 0 Å². The Labute approximate surface area is 60.9 Å². The van der Waals surface area contributed by atoms with Crippen LogP contribution in [0.25, 0.3) is 0 Å². The average molecular weight is 142 g/mol. The summed E-state index contributed by atoms with van der Waals surface area (Å²) >= 11 is 0. The van der Waals surface area contributed by atoms with Gasteiger partial charge in [-0.1, -0.05) is 0 Å². The molecule has 0 saturated heterocycles. The van der Waals surface area contributed by atoms with Gasteiger partial charge in [0.1, 0.15) is 0 Å². The standard InChI is InChI=1S/C6H14N4/c1-10(6(7)9-8)5-3-2-4-5/h5H,2-4,8H2,1H3,(H2,7,9). The van der Waals surface area contributed by atoms with Crippen molar-refractivity contribution in [2.24, 2.45) is 16.7 Å². The summed E-state index contributed by atoms with van der Waals surface area (Å²) in [5, 5.41) is 3.41. The maximum absolute atomic E-state index is 5.48. The van der Waals surface area contributed by atoms with E-state index in [1.165, 1.54) is 19.3 Å². The number of nitrogens with zero attached hydrogens (tertiary/aromatic N) is 2. The molecule has 0 radical (unpaired) electrons. The lowest BCUT2D eigenvalue weighted by Gasteiger charge is -2.34. The first kappa shape index (κ1) is 7.18. The summed E-state index contributed by atoms with van der Waals surface area (Å²) in [7, 11) is 1.93. The van der Waals surface area contributed by atoms with E-state index in [2.05, 4.69) is 5.10 Å². The molecule has 10 heavy (non-hydrogen) atoms. The summed E-state index contributed by atoms with van der Waals surface area (Å²) in [4.78, 5) is 1.93. The lowest BCUT2D eigenvalue weighted by atomic mass is 9.92. The van der Waals surface area contributed by atoms with Gasteiger partial charge >= 0.3 is 0 Å². The van der Waals surface area contributed by atoms with E-state index in [-0.39, 0.29) is 0 Å². The van der Waals surface area contributed by atoms with Gasteiger partial charge in [-0.25, -0.2) is 0 Å². The Morgan fingerprint density at radius 2 is 2.20 bits per heavy atom. The number of hydrogen-bond donors (Lipinski definition) is 2. The molecule has 0 heterocycles. The van der Waals surface area contributed by atoms with Crippen molar-refractivity contribution in [3.8, 4) is 0 Å². The lowest BCUT2D eigenvalue weighted by Crippen LogP contribution is -2.45. The second-order valence-corrected chi connectivity index (χ2v) is 2.68. The highest BCUT2D eigenvalue weighted by Crippen LogP contribution is 2.22. The molecule has 1 saturated carbocycles. The third-order valence-corrected chi connectivity index (χ3v) is 2.12. The van der Waals surface area contributed by atoms with Crippen LogP contribution in [0.15, 0.2) is 5.10 Å². The first-order valence-corrected chi connectivity index (χ1v) is 3.52. The Morgan fingerprint density at radius 3 is 2.50 bits per heavy atom. The van der Waals surface area contributed by atoms with Gasteiger partial charge in [-0.05, 0) is 19.3 Å². The number of hydrazone groups is 1. The van der Waals surface area contributed by atoms with Gasteiger partial charge in [0.05, 0.1) is 0 Å². The van der Waals surface area contributed by atoms with Crippen LogP contribution in [0.1, 0.15) is 19.3 Å². The van der Waals surface area contributed by atoms with Crippen LogP contribution < -0.4 is 11.6 Å². The van der Waals surface area contributed by atoms with Crippen molar-refractivity contribution in [2.45, 2.75) is 25.3 Å². The predicted octanol–water partition coefficient (Wildman–Crippen LogP) is -0.341. The summed E-state index contributed by atoms with van der Waals surface area (Å²) in [5.41, 5.74) is 5.48. The van der Waals surface area contributed by atoms with Crippen LogP contribution in [-0.4, -0.2) is 23.9 Å². The quantitative estimate of drug-likeness (QED) is 0.228. The third-order valence-electron chi connectivity index (χ3n) is 2.12. The maximum atomic E-state index is 5.48. The highest BCUT2D eigenvalue weighted by molar-refractivity contribution is 5.77. The summed E-state index contributed by atoms with van der Waals surface area (Å²) in [6.45, 7) is 0. The molecule has 0 bridgehead atoms. The highest BCUT2D eigenvalue weighted by atomic mass is 15.3. The Bertz CT molecular complexity index is 139. The number of rotatable bonds is 1. The minimum Gasteiger partial charge on any atom is -0.368 e. The van der Waals surface area contributed by atoms with Crippen LogP contribution in [0.2, 0.25) is 0 Å². The minimum absolute atomic E-state index is 0.435. The fraction of sp³-hybridized carbons (Fsp3) is 0.833. The first-order valence-electron chi connectivity index (χ1n) is 3.52. The third kappa shape index (κ3) is 1.15. The molecule has 4 nitrogen and oxygen atoms in total. The van der Waals surface area contributed by atoms with Gasteiger partial charge in [0.2, 0.25) is 5.96 Å². The van der Waals surface area contributed by atoms with Gasteiger partial charge < -0.3 is 16.5 Å². The second-order valence-electron chi connectivity index (χ2n) is 2.68. The molecule has 1 fully saturated rings. The second kappa shape index (κ2) is 2.77. The summed E-state index contributed by atoms with van der Waals surface area (Å²) in [5.74, 6) is 5.45. The summed E-state index contributed by atoms with van der Waals surface area (Å²) < 4.78 is 0. The zero-order chi connectivity index (χ0) is 7.56. The summed E-state index contributed by atoms with van der Waals surface area (Å²) in [6.07, 6.45) is 3.73. The average Bonchev–Trinajstić information content (AvgIpc) is 1.82. The van der Waals surface area contributed by atoms with E-state index >= 15 is 0 Å². The van der Waals surface area contributed by atoms with Gasteiger partial charge in [-0.3, -0.25) is 0 Å². The maximum Gasteiger partial charge on any atom is 0.213 e. The largest absolute Gasteiger partial charge is 0.368 e. The minimum atomic E-state index is 0.435. The molecule has 0 aromatic rings. The topological polar surface area (TPSA) is 67.6 Å². The lowest BCUT2D eigenvalue weighted by molar-refractivity contribution is 0.238. The molecule has 4 heteroatoms. The molecule has 4 N–H and O–H groups in total. The van der Waals surface area contributed by atoms with E-state index < -0.39 is 0 Å². The van der Waals surface area contributed by atoms with Crippen LogP contribution in [0.3, 0.4) is 0 Å². The zero-order valence-corrected chi connectivity index (χ0v) is 6.25. The van der Waals surface area contributed by atoms with Crippen molar-refractivity contribution >= 4 is 5.96 Å². The van der Waals surface area contributed by atoms with Crippen LogP contribution >= 0.6 is 0 Å². The van der Waals surface area contributed by atoms with E-state index in [0.717, 1.165) is 0 Å². The molecule has 1 aliphatic rings. The number of nitrogens with two attached hydrogens (primary N) is 2.